The van der Waals surface area contributed by atoms with E-state index < -0.39 is 10.0 Å². The molecular weight excluding hydrogens is 304 g/mol. The zero-order valence-electron chi connectivity index (χ0n) is 12.2. The van der Waals surface area contributed by atoms with E-state index in [1.807, 2.05) is 0 Å². The summed E-state index contributed by atoms with van der Waals surface area (Å²) < 4.78 is 29.3. The molecule has 0 saturated carbocycles. The minimum Gasteiger partial charge on any atom is -0.249 e. The fourth-order valence-corrected chi connectivity index (χ4v) is 4.16. The Balaban J connectivity index is 2.06. The van der Waals surface area contributed by atoms with Crippen LogP contribution < -0.4 is 5.69 Å². The van der Waals surface area contributed by atoms with Gasteiger partial charge in [-0.3, -0.25) is 0 Å². The largest absolute Gasteiger partial charge is 0.350 e. The van der Waals surface area contributed by atoms with Gasteiger partial charge in [-0.25, -0.2) is 22.3 Å². The second-order valence-corrected chi connectivity index (χ2v) is 7.25. The minimum atomic E-state index is -3.56. The van der Waals surface area contributed by atoms with Gasteiger partial charge >= 0.3 is 5.69 Å². The Kier molecular flexibility index (Phi) is 3.88. The van der Waals surface area contributed by atoms with Crippen LogP contribution in [-0.4, -0.2) is 40.0 Å². The standard InChI is InChI=1S/C14H18N4O3S/c1-2-8-18-14(19)17-11-12(6-7-13(17)15-18)22(20,21)16-9-4-3-5-10-16/h2,6-7,11H,1,3-5,8-10H2. The third kappa shape index (κ3) is 2.48. The van der Waals surface area contributed by atoms with Crippen molar-refractivity contribution in [2.24, 2.45) is 0 Å². The van der Waals surface area contributed by atoms with Crippen LogP contribution in [0.5, 0.6) is 0 Å². The number of hydrogen-bond donors (Lipinski definition) is 0. The molecule has 1 aliphatic heterocycles. The minimum absolute atomic E-state index is 0.127. The van der Waals surface area contributed by atoms with E-state index in [1.54, 1.807) is 12.1 Å². The smallest absolute Gasteiger partial charge is 0.249 e. The maximum absolute atomic E-state index is 12.6. The average Bonchev–Trinajstić information content (AvgIpc) is 2.84. The third-order valence-electron chi connectivity index (χ3n) is 3.80. The van der Waals surface area contributed by atoms with Gasteiger partial charge in [0.2, 0.25) is 10.0 Å². The van der Waals surface area contributed by atoms with Crippen molar-refractivity contribution in [2.75, 3.05) is 13.1 Å². The van der Waals surface area contributed by atoms with Gasteiger partial charge < -0.3 is 0 Å². The predicted octanol–water partition coefficient (Wildman–Crippen LogP) is 0.857. The van der Waals surface area contributed by atoms with E-state index in [-0.39, 0.29) is 17.1 Å². The molecule has 3 rings (SSSR count). The summed E-state index contributed by atoms with van der Waals surface area (Å²) in [5.41, 5.74) is 0.0510. The first-order valence-electron chi connectivity index (χ1n) is 7.24. The van der Waals surface area contributed by atoms with Crippen LogP contribution in [0, 0.1) is 0 Å². The molecule has 1 saturated heterocycles. The Hall–Kier alpha value is -1.93. The molecule has 118 valence electrons. The van der Waals surface area contributed by atoms with Crippen LogP contribution in [0.4, 0.5) is 0 Å². The first kappa shape index (κ1) is 15.0. The molecule has 0 amide bonds. The van der Waals surface area contributed by atoms with E-state index in [2.05, 4.69) is 11.7 Å². The molecule has 1 aliphatic rings. The number of fused-ring (bicyclic) bond motifs is 1. The van der Waals surface area contributed by atoms with Crippen LogP contribution in [0.3, 0.4) is 0 Å². The van der Waals surface area contributed by atoms with Crippen LogP contribution in [0.2, 0.25) is 0 Å². The molecule has 0 radical (unpaired) electrons. The monoisotopic (exact) mass is 322 g/mol. The Morgan fingerprint density at radius 2 is 1.95 bits per heavy atom. The molecular formula is C14H18N4O3S. The zero-order chi connectivity index (χ0) is 15.7. The summed E-state index contributed by atoms with van der Waals surface area (Å²) in [7, 11) is -3.56. The lowest BCUT2D eigenvalue weighted by atomic mass is 10.2. The number of nitrogens with zero attached hydrogens (tertiary/aromatic N) is 4. The molecule has 0 spiro atoms. The lowest BCUT2D eigenvalue weighted by Crippen LogP contribution is -2.35. The summed E-state index contributed by atoms with van der Waals surface area (Å²) in [5.74, 6) is 0. The van der Waals surface area contributed by atoms with Crippen molar-refractivity contribution in [1.29, 1.82) is 0 Å². The molecule has 2 aromatic rings. The molecule has 0 N–H and O–H groups in total. The highest BCUT2D eigenvalue weighted by Gasteiger charge is 2.26. The van der Waals surface area contributed by atoms with E-state index in [4.69, 9.17) is 0 Å². The van der Waals surface area contributed by atoms with Gasteiger partial charge in [-0.2, -0.15) is 4.31 Å². The van der Waals surface area contributed by atoms with Crippen molar-refractivity contribution in [3.8, 4) is 0 Å². The summed E-state index contributed by atoms with van der Waals surface area (Å²) >= 11 is 0. The van der Waals surface area contributed by atoms with Gasteiger partial charge in [0.05, 0.1) is 11.4 Å². The lowest BCUT2D eigenvalue weighted by molar-refractivity contribution is 0.346. The predicted molar refractivity (Wildman–Crippen MR) is 82.3 cm³/mol. The van der Waals surface area contributed by atoms with Crippen LogP contribution in [0.1, 0.15) is 19.3 Å². The fourth-order valence-electron chi connectivity index (χ4n) is 2.65. The third-order valence-corrected chi connectivity index (χ3v) is 5.69. The van der Waals surface area contributed by atoms with Gasteiger partial charge in [-0.05, 0) is 25.0 Å². The molecule has 0 unspecified atom stereocenters. The van der Waals surface area contributed by atoms with Crippen molar-refractivity contribution < 1.29 is 8.42 Å². The van der Waals surface area contributed by atoms with Gasteiger partial charge in [0.15, 0.2) is 5.65 Å². The van der Waals surface area contributed by atoms with E-state index in [1.165, 1.54) is 25.7 Å². The molecule has 1 fully saturated rings. The molecule has 0 aliphatic carbocycles. The van der Waals surface area contributed by atoms with E-state index >= 15 is 0 Å². The number of rotatable bonds is 4. The normalized spacial score (nSPS) is 16.9. The average molecular weight is 322 g/mol. The number of pyridine rings is 1. The molecule has 3 heterocycles. The van der Waals surface area contributed by atoms with E-state index in [0.717, 1.165) is 19.3 Å². The molecule has 0 bridgehead atoms. The second kappa shape index (κ2) is 5.69. The number of allylic oxidation sites excluding steroid dienone is 1. The topological polar surface area (TPSA) is 76.7 Å². The number of piperidine rings is 1. The molecule has 22 heavy (non-hydrogen) atoms. The SMILES string of the molecule is C=CCn1nc2ccc(S(=O)(=O)N3CCCCC3)cn2c1=O. The fraction of sp³-hybridized carbons (Fsp3) is 0.429. The number of hydrogen-bond acceptors (Lipinski definition) is 4. The van der Waals surface area contributed by atoms with Crippen molar-refractivity contribution in [3.63, 3.8) is 0 Å². The highest BCUT2D eigenvalue weighted by atomic mass is 32.2. The summed E-state index contributed by atoms with van der Waals surface area (Å²) in [4.78, 5) is 12.3. The summed E-state index contributed by atoms with van der Waals surface area (Å²) in [6.45, 7) is 4.93. The Morgan fingerprint density at radius 1 is 1.23 bits per heavy atom. The van der Waals surface area contributed by atoms with Crippen LogP contribution in [0.15, 0.2) is 40.7 Å². The van der Waals surface area contributed by atoms with E-state index in [9.17, 15) is 13.2 Å². The molecule has 2 aromatic heterocycles. The molecule has 7 nitrogen and oxygen atoms in total. The maximum Gasteiger partial charge on any atom is 0.350 e. The van der Waals surface area contributed by atoms with Gasteiger partial charge in [-0.1, -0.05) is 12.5 Å². The Labute approximate surface area is 128 Å². The molecule has 0 atom stereocenters. The van der Waals surface area contributed by atoms with Crippen LogP contribution in [0.25, 0.3) is 5.65 Å². The van der Waals surface area contributed by atoms with Crippen molar-refractivity contribution in [2.45, 2.75) is 30.7 Å². The van der Waals surface area contributed by atoms with Gasteiger partial charge in [0.1, 0.15) is 0 Å². The first-order valence-corrected chi connectivity index (χ1v) is 8.68. The van der Waals surface area contributed by atoms with Gasteiger partial charge in [0.25, 0.3) is 0 Å². The van der Waals surface area contributed by atoms with Crippen LogP contribution in [-0.2, 0) is 16.6 Å². The Morgan fingerprint density at radius 3 is 2.64 bits per heavy atom. The zero-order valence-corrected chi connectivity index (χ0v) is 13.0. The number of aromatic nitrogens is 3. The number of sulfonamides is 1. The van der Waals surface area contributed by atoms with Gasteiger partial charge in [-0.15, -0.1) is 11.7 Å². The lowest BCUT2D eigenvalue weighted by Gasteiger charge is -2.25. The van der Waals surface area contributed by atoms with Crippen molar-refractivity contribution in [1.82, 2.24) is 18.5 Å². The first-order chi connectivity index (χ1) is 10.5. The van der Waals surface area contributed by atoms with Gasteiger partial charge in [0, 0.05) is 19.3 Å². The van der Waals surface area contributed by atoms with Crippen molar-refractivity contribution in [3.05, 3.63) is 41.5 Å². The second-order valence-electron chi connectivity index (χ2n) is 5.31. The maximum atomic E-state index is 12.6. The van der Waals surface area contributed by atoms with E-state index in [0.29, 0.717) is 18.7 Å². The molecule has 0 aromatic carbocycles. The van der Waals surface area contributed by atoms with Crippen molar-refractivity contribution >= 4 is 15.7 Å². The summed E-state index contributed by atoms with van der Waals surface area (Å²) in [6.07, 6.45) is 5.73. The molecule has 8 heteroatoms. The summed E-state index contributed by atoms with van der Waals surface area (Å²) in [6, 6.07) is 3.06. The van der Waals surface area contributed by atoms with Crippen LogP contribution >= 0.6 is 0 Å². The quantitative estimate of drug-likeness (QED) is 0.782. The Bertz CT molecular complexity index is 860. The highest BCUT2D eigenvalue weighted by molar-refractivity contribution is 7.89. The summed E-state index contributed by atoms with van der Waals surface area (Å²) in [5, 5.41) is 4.13. The highest BCUT2D eigenvalue weighted by Crippen LogP contribution is 2.20.